The van der Waals surface area contributed by atoms with Gasteiger partial charge in [0.05, 0.1) is 23.0 Å². The first-order valence-corrected chi connectivity index (χ1v) is 12.6. The molecule has 4 rings (SSSR count). The van der Waals surface area contributed by atoms with E-state index in [1.54, 1.807) is 48.5 Å². The molecule has 1 aliphatic heterocycles. The van der Waals surface area contributed by atoms with Gasteiger partial charge in [-0.2, -0.15) is 0 Å². The summed E-state index contributed by atoms with van der Waals surface area (Å²) in [6, 6.07) is 14.4. The molecular weight excluding hydrogens is 580 g/mol. The number of imide groups is 1. The molecule has 0 atom stereocenters. The molecule has 5 nitrogen and oxygen atoms in total. The normalized spacial score (nSPS) is 14.7. The maximum absolute atomic E-state index is 13.1. The van der Waals surface area contributed by atoms with Crippen LogP contribution in [-0.4, -0.2) is 23.2 Å². The van der Waals surface area contributed by atoms with Gasteiger partial charge in [-0.05, 0) is 81.3 Å². The number of rotatable bonds is 7. The van der Waals surface area contributed by atoms with Gasteiger partial charge in [0, 0.05) is 15.6 Å². The van der Waals surface area contributed by atoms with E-state index in [0.717, 1.165) is 22.2 Å². The van der Waals surface area contributed by atoms with E-state index in [9.17, 15) is 14.0 Å². The SMILES string of the molecule is COc1cc(/C=C2\SC(=O)N(Cc3c(Cl)cccc3Cl)C2=O)cc(Br)c1OCc1ccc(F)cc1. The number of thioether (sulfide) groups is 1. The van der Waals surface area contributed by atoms with Crippen LogP contribution in [0.3, 0.4) is 0 Å². The van der Waals surface area contributed by atoms with E-state index in [0.29, 0.717) is 37.1 Å². The maximum Gasteiger partial charge on any atom is 0.293 e. The van der Waals surface area contributed by atoms with Crippen molar-refractivity contribution in [2.24, 2.45) is 0 Å². The molecule has 3 aromatic carbocycles. The molecule has 1 aliphatic rings. The van der Waals surface area contributed by atoms with Crippen molar-refractivity contribution >= 4 is 68.1 Å². The lowest BCUT2D eigenvalue weighted by Gasteiger charge is -2.15. The van der Waals surface area contributed by atoms with E-state index < -0.39 is 11.1 Å². The van der Waals surface area contributed by atoms with Crippen LogP contribution in [0.2, 0.25) is 10.0 Å². The zero-order chi connectivity index (χ0) is 25.1. The Morgan fingerprint density at radius 3 is 2.43 bits per heavy atom. The Bertz CT molecular complexity index is 1310. The quantitative estimate of drug-likeness (QED) is 0.261. The van der Waals surface area contributed by atoms with E-state index in [1.807, 2.05) is 0 Å². The van der Waals surface area contributed by atoms with Crippen LogP contribution in [0.15, 0.2) is 64.0 Å². The van der Waals surface area contributed by atoms with Gasteiger partial charge in [-0.1, -0.05) is 41.4 Å². The van der Waals surface area contributed by atoms with Crippen LogP contribution >= 0.6 is 50.9 Å². The molecule has 1 saturated heterocycles. The fourth-order valence-electron chi connectivity index (χ4n) is 3.33. The van der Waals surface area contributed by atoms with Crippen molar-refractivity contribution in [1.29, 1.82) is 0 Å². The molecule has 180 valence electrons. The predicted octanol–water partition coefficient (Wildman–Crippen LogP) is 7.72. The minimum Gasteiger partial charge on any atom is -0.493 e. The van der Waals surface area contributed by atoms with Crippen LogP contribution in [0.4, 0.5) is 9.18 Å². The Hall–Kier alpha value is -2.52. The van der Waals surface area contributed by atoms with Gasteiger partial charge >= 0.3 is 0 Å². The number of benzene rings is 3. The summed E-state index contributed by atoms with van der Waals surface area (Å²) >= 11 is 16.7. The number of methoxy groups -OCH3 is 1. The Balaban J connectivity index is 1.54. The number of nitrogens with zero attached hydrogens (tertiary/aromatic N) is 1. The van der Waals surface area contributed by atoms with Crippen LogP contribution in [0, 0.1) is 5.82 Å². The highest BCUT2D eigenvalue weighted by Gasteiger charge is 2.35. The zero-order valence-corrected chi connectivity index (χ0v) is 22.1. The van der Waals surface area contributed by atoms with Crippen LogP contribution < -0.4 is 9.47 Å². The number of ether oxygens (including phenoxy) is 2. The molecule has 0 unspecified atom stereocenters. The average Bonchev–Trinajstić information content (AvgIpc) is 3.08. The van der Waals surface area contributed by atoms with E-state index in [1.165, 1.54) is 19.2 Å². The van der Waals surface area contributed by atoms with Crippen LogP contribution in [0.25, 0.3) is 6.08 Å². The molecule has 2 amide bonds. The number of hydrogen-bond acceptors (Lipinski definition) is 5. The van der Waals surface area contributed by atoms with Gasteiger partial charge < -0.3 is 9.47 Å². The number of halogens is 4. The van der Waals surface area contributed by atoms with E-state index in [2.05, 4.69) is 15.9 Å². The zero-order valence-electron chi connectivity index (χ0n) is 18.2. The summed E-state index contributed by atoms with van der Waals surface area (Å²) in [6.07, 6.45) is 1.61. The smallest absolute Gasteiger partial charge is 0.293 e. The number of carbonyl (C=O) groups is 2. The lowest BCUT2D eigenvalue weighted by Crippen LogP contribution is -2.27. The first-order valence-electron chi connectivity index (χ1n) is 10.2. The molecule has 0 aromatic heterocycles. The summed E-state index contributed by atoms with van der Waals surface area (Å²) in [7, 11) is 1.50. The fraction of sp³-hybridized carbons (Fsp3) is 0.120. The topological polar surface area (TPSA) is 55.8 Å². The summed E-state index contributed by atoms with van der Waals surface area (Å²) in [6.45, 7) is 0.182. The molecule has 0 spiro atoms. The molecule has 0 aliphatic carbocycles. The van der Waals surface area contributed by atoms with Crippen molar-refractivity contribution in [3.8, 4) is 11.5 Å². The molecule has 0 saturated carbocycles. The van der Waals surface area contributed by atoms with Gasteiger partial charge in [-0.15, -0.1) is 0 Å². The number of amides is 2. The first-order chi connectivity index (χ1) is 16.8. The number of carbonyl (C=O) groups excluding carboxylic acids is 2. The van der Waals surface area contributed by atoms with Crippen molar-refractivity contribution in [2.75, 3.05) is 7.11 Å². The second-order valence-corrected chi connectivity index (χ2v) is 10.1. The van der Waals surface area contributed by atoms with Gasteiger partial charge in [0.15, 0.2) is 11.5 Å². The predicted molar refractivity (Wildman–Crippen MR) is 139 cm³/mol. The molecule has 0 bridgehead atoms. The second kappa shape index (κ2) is 11.0. The molecule has 0 N–H and O–H groups in total. The third-order valence-electron chi connectivity index (χ3n) is 5.10. The lowest BCUT2D eigenvalue weighted by molar-refractivity contribution is -0.123. The van der Waals surface area contributed by atoms with E-state index >= 15 is 0 Å². The van der Waals surface area contributed by atoms with Crippen molar-refractivity contribution in [3.63, 3.8) is 0 Å². The Morgan fingerprint density at radius 1 is 1.09 bits per heavy atom. The maximum atomic E-state index is 13.1. The Morgan fingerprint density at radius 2 is 1.77 bits per heavy atom. The average molecular weight is 597 g/mol. The highest BCUT2D eigenvalue weighted by Crippen LogP contribution is 2.40. The van der Waals surface area contributed by atoms with Crippen molar-refractivity contribution < 1.29 is 23.5 Å². The van der Waals surface area contributed by atoms with Gasteiger partial charge in [0.1, 0.15) is 12.4 Å². The minimum absolute atomic E-state index is 0.0241. The molecule has 1 heterocycles. The molecule has 0 radical (unpaired) electrons. The molecule has 1 fully saturated rings. The van der Waals surface area contributed by atoms with Gasteiger partial charge in [-0.25, -0.2) is 4.39 Å². The summed E-state index contributed by atoms with van der Waals surface area (Å²) in [5, 5.41) is 0.346. The van der Waals surface area contributed by atoms with E-state index in [-0.39, 0.29) is 23.9 Å². The highest BCUT2D eigenvalue weighted by atomic mass is 79.9. The summed E-state index contributed by atoms with van der Waals surface area (Å²) in [4.78, 5) is 26.9. The standard InChI is InChI=1S/C25H17BrCl2FNO4S/c1-33-21-10-15(9-18(26)23(21)34-13-14-5-7-16(29)8-6-14)11-22-24(31)30(25(32)35-22)12-17-19(27)3-2-4-20(17)28/h2-11H,12-13H2,1H3/b22-11-. The Labute approximate surface area is 223 Å². The summed E-state index contributed by atoms with van der Waals surface area (Å²) in [5.41, 5.74) is 1.92. The highest BCUT2D eigenvalue weighted by molar-refractivity contribution is 9.10. The van der Waals surface area contributed by atoms with Crippen LogP contribution in [0.5, 0.6) is 11.5 Å². The summed E-state index contributed by atoms with van der Waals surface area (Å²) < 4.78 is 25.1. The fourth-order valence-corrected chi connectivity index (χ4v) is 5.26. The molecule has 3 aromatic rings. The van der Waals surface area contributed by atoms with Crippen molar-refractivity contribution in [2.45, 2.75) is 13.2 Å². The van der Waals surface area contributed by atoms with Gasteiger partial charge in [0.25, 0.3) is 11.1 Å². The van der Waals surface area contributed by atoms with Crippen LogP contribution in [0.1, 0.15) is 16.7 Å². The Kier molecular flexibility index (Phi) is 8.06. The van der Waals surface area contributed by atoms with Crippen molar-refractivity contribution in [3.05, 3.63) is 96.5 Å². The minimum atomic E-state index is -0.442. The molecule has 35 heavy (non-hydrogen) atoms. The molecular formula is C25H17BrCl2FNO4S. The number of hydrogen-bond donors (Lipinski definition) is 0. The third kappa shape index (κ3) is 5.83. The van der Waals surface area contributed by atoms with Crippen molar-refractivity contribution in [1.82, 2.24) is 4.90 Å². The largest absolute Gasteiger partial charge is 0.493 e. The molecule has 10 heteroatoms. The monoisotopic (exact) mass is 595 g/mol. The second-order valence-electron chi connectivity index (χ2n) is 7.42. The van der Waals surface area contributed by atoms with Gasteiger partial charge in [0.2, 0.25) is 0 Å². The van der Waals surface area contributed by atoms with E-state index in [4.69, 9.17) is 32.7 Å². The summed E-state index contributed by atoms with van der Waals surface area (Å²) in [5.74, 6) is 0.115. The van der Waals surface area contributed by atoms with Crippen LogP contribution in [-0.2, 0) is 17.9 Å². The first kappa shape index (κ1) is 25.6. The van der Waals surface area contributed by atoms with Gasteiger partial charge in [-0.3, -0.25) is 14.5 Å². The lowest BCUT2D eigenvalue weighted by atomic mass is 10.1. The third-order valence-corrected chi connectivity index (χ3v) is 7.30.